The van der Waals surface area contributed by atoms with E-state index in [9.17, 15) is 18.4 Å². The molecule has 0 radical (unpaired) electrons. The fraction of sp³-hybridized carbons (Fsp3) is 0.500. The van der Waals surface area contributed by atoms with Gasteiger partial charge in [-0.1, -0.05) is 12.2 Å². The van der Waals surface area contributed by atoms with Gasteiger partial charge in [0.1, 0.15) is 23.8 Å². The molecule has 0 unspecified atom stereocenters. The van der Waals surface area contributed by atoms with Crippen LogP contribution >= 0.6 is 25.7 Å². The molecular formula is C30H40F2N6O6S2. The van der Waals surface area contributed by atoms with Crippen LogP contribution in [0.25, 0.3) is 0 Å². The first kappa shape index (κ1) is 35.4. The Morgan fingerprint density at radius 2 is 1.26 bits per heavy atom. The molecule has 4 heterocycles. The molecule has 46 heavy (non-hydrogen) atoms. The highest BCUT2D eigenvalue weighted by Crippen LogP contribution is 2.29. The number of amides is 2. The van der Waals surface area contributed by atoms with Crippen molar-refractivity contribution in [2.45, 2.75) is 19.1 Å². The number of hydrogen-bond acceptors (Lipinski definition) is 10. The third-order valence-corrected chi connectivity index (χ3v) is 7.92. The second-order valence-corrected chi connectivity index (χ2v) is 11.5. The third kappa shape index (κ3) is 8.67. The molecule has 0 aliphatic carbocycles. The first-order valence-electron chi connectivity index (χ1n) is 14.9. The van der Waals surface area contributed by atoms with Crippen molar-refractivity contribution in [3.63, 3.8) is 0 Å². The minimum atomic E-state index is -0.482. The van der Waals surface area contributed by atoms with Crippen LogP contribution in [-0.2, 0) is 18.9 Å². The van der Waals surface area contributed by atoms with Crippen LogP contribution in [0.4, 0.5) is 41.1 Å². The molecule has 2 atom stereocenters. The summed E-state index contributed by atoms with van der Waals surface area (Å²) >= 11 is 4.95. The van der Waals surface area contributed by atoms with E-state index >= 15 is 0 Å². The summed E-state index contributed by atoms with van der Waals surface area (Å²) in [7, 11) is 0. The van der Waals surface area contributed by atoms with Gasteiger partial charge >= 0.3 is 12.2 Å². The van der Waals surface area contributed by atoms with Gasteiger partial charge in [0.05, 0.1) is 73.8 Å². The van der Waals surface area contributed by atoms with E-state index < -0.39 is 12.2 Å². The zero-order valence-electron chi connectivity index (χ0n) is 25.6. The lowest BCUT2D eigenvalue weighted by Gasteiger charge is -2.29. The summed E-state index contributed by atoms with van der Waals surface area (Å²) in [6, 6.07) is 9.62. The van der Waals surface area contributed by atoms with Crippen molar-refractivity contribution < 1.29 is 37.3 Å². The summed E-state index contributed by atoms with van der Waals surface area (Å²) in [6.45, 7) is 8.22. The molecule has 6 rings (SSSR count). The number of carbonyl (C=O) groups excluding carboxylic acids is 2. The summed E-state index contributed by atoms with van der Waals surface area (Å²) in [5.74, 6) is -0.697. The average molecular weight is 683 g/mol. The number of nitrogens with one attached hydrogen (secondary N) is 1. The third-order valence-electron chi connectivity index (χ3n) is 7.78. The number of nitrogens with zero attached hydrogens (tertiary/aromatic N) is 4. The average Bonchev–Trinajstić information content (AvgIpc) is 3.62. The normalized spacial score (nSPS) is 21.2. The van der Waals surface area contributed by atoms with Gasteiger partial charge in [-0.25, -0.2) is 18.4 Å². The number of hydrogen-bond donors (Lipinski definition) is 2. The number of nitrogens with two attached hydrogens (primary N) is 1. The molecule has 0 spiro atoms. The number of halogens is 2. The largest absolute Gasteiger partial charge is 0.443 e. The molecule has 16 heteroatoms. The zero-order valence-corrected chi connectivity index (χ0v) is 27.4. The van der Waals surface area contributed by atoms with E-state index in [1.54, 1.807) is 31.2 Å². The molecular weight excluding hydrogens is 642 g/mol. The number of rotatable bonds is 7. The first-order chi connectivity index (χ1) is 21.7. The van der Waals surface area contributed by atoms with Gasteiger partial charge in [0.15, 0.2) is 0 Å². The van der Waals surface area contributed by atoms with Gasteiger partial charge in [0.25, 0.3) is 0 Å². The molecule has 4 aliphatic rings. The van der Waals surface area contributed by atoms with Gasteiger partial charge in [0, 0.05) is 32.7 Å². The number of morpholine rings is 2. The van der Waals surface area contributed by atoms with Crippen molar-refractivity contribution in [3.05, 3.63) is 48.0 Å². The molecule has 2 aromatic rings. The molecule has 2 aromatic carbocycles. The fourth-order valence-electron chi connectivity index (χ4n) is 5.40. The minimum Gasteiger partial charge on any atom is -0.443 e. The molecule has 0 saturated carbocycles. The number of ether oxygens (including phenoxy) is 4. The highest BCUT2D eigenvalue weighted by molar-refractivity contribution is 7.80. The van der Waals surface area contributed by atoms with Crippen LogP contribution in [-0.4, -0.2) is 108 Å². The van der Waals surface area contributed by atoms with E-state index in [0.717, 1.165) is 0 Å². The summed E-state index contributed by atoms with van der Waals surface area (Å²) in [5.41, 5.74) is 7.54. The summed E-state index contributed by atoms with van der Waals surface area (Å²) < 4.78 is 49.7. The standard InChI is InChI=1S/C16H20FN3O3S.C14H18FN3O3.H2S/c1-11(24)18-9-13-10-20(16(21)23-13)12-2-3-15(14(17)8-12)19-4-6-22-7-5-19;15-12-7-10(18-9-11(8-16)21-14(18)19)1-2-13(12)17-3-5-20-6-4-17;/h2-3,8,13H,4-7,9-10H2,1H3,(H,18,24);1-2,7,11H,3-6,8-9,16H2;1H2/t13-;11-;/m00./s1. The quantitative estimate of drug-likeness (QED) is 0.420. The summed E-state index contributed by atoms with van der Waals surface area (Å²) in [6.07, 6.45) is -1.59. The van der Waals surface area contributed by atoms with Crippen LogP contribution in [0.2, 0.25) is 0 Å². The van der Waals surface area contributed by atoms with Gasteiger partial charge in [-0.15, -0.1) is 0 Å². The van der Waals surface area contributed by atoms with Crippen LogP contribution in [0.5, 0.6) is 0 Å². The Hall–Kier alpha value is -3.44. The first-order valence-corrected chi connectivity index (χ1v) is 15.3. The number of carbonyl (C=O) groups is 2. The molecule has 12 nitrogen and oxygen atoms in total. The van der Waals surface area contributed by atoms with E-state index in [2.05, 4.69) is 5.32 Å². The molecule has 2 amide bonds. The maximum absolute atomic E-state index is 14.5. The lowest BCUT2D eigenvalue weighted by Crippen LogP contribution is -2.36. The number of anilines is 4. The van der Waals surface area contributed by atoms with Crippen molar-refractivity contribution in [1.82, 2.24) is 5.32 Å². The number of thiocarbonyl (C=S) groups is 1. The highest BCUT2D eigenvalue weighted by atomic mass is 32.1. The van der Waals surface area contributed by atoms with Gasteiger partial charge in [0.2, 0.25) is 0 Å². The predicted molar refractivity (Wildman–Crippen MR) is 180 cm³/mol. The van der Waals surface area contributed by atoms with Gasteiger partial charge < -0.3 is 39.8 Å². The van der Waals surface area contributed by atoms with E-state index in [-0.39, 0.29) is 43.9 Å². The van der Waals surface area contributed by atoms with E-state index in [1.807, 2.05) is 9.80 Å². The van der Waals surface area contributed by atoms with E-state index in [0.29, 0.717) is 100.0 Å². The SMILES string of the molecule is CC(=S)NC[C@H]1CN(c2ccc(N3CCOCC3)c(F)c2)C(=O)O1.NC[C@H]1CN(c2ccc(N3CCOCC3)c(F)c2)C(=O)O1.S. The monoisotopic (exact) mass is 682 g/mol. The van der Waals surface area contributed by atoms with Crippen LogP contribution in [0, 0.1) is 11.6 Å². The number of benzene rings is 2. The molecule has 4 aliphatic heterocycles. The van der Waals surface area contributed by atoms with Gasteiger partial charge in [-0.3, -0.25) is 9.80 Å². The lowest BCUT2D eigenvalue weighted by atomic mass is 10.2. The smallest absolute Gasteiger partial charge is 0.414 e. The van der Waals surface area contributed by atoms with Crippen LogP contribution in [0.1, 0.15) is 6.92 Å². The van der Waals surface area contributed by atoms with Crippen LogP contribution in [0.3, 0.4) is 0 Å². The van der Waals surface area contributed by atoms with Crippen molar-refractivity contribution in [1.29, 1.82) is 0 Å². The highest BCUT2D eigenvalue weighted by Gasteiger charge is 2.33. The topological polar surface area (TPSA) is 122 Å². The lowest BCUT2D eigenvalue weighted by molar-refractivity contribution is 0.122. The Morgan fingerprint density at radius 3 is 1.65 bits per heavy atom. The van der Waals surface area contributed by atoms with Crippen molar-refractivity contribution in [3.8, 4) is 0 Å². The van der Waals surface area contributed by atoms with Crippen molar-refractivity contribution >= 4 is 65.6 Å². The van der Waals surface area contributed by atoms with Gasteiger partial charge in [-0.2, -0.15) is 13.5 Å². The zero-order chi connectivity index (χ0) is 31.9. The number of cyclic esters (lactones) is 2. The second-order valence-electron chi connectivity index (χ2n) is 10.9. The molecule has 4 fully saturated rings. The van der Waals surface area contributed by atoms with Gasteiger partial charge in [-0.05, 0) is 43.3 Å². The molecule has 4 saturated heterocycles. The minimum absolute atomic E-state index is 0. The molecule has 0 bridgehead atoms. The van der Waals surface area contributed by atoms with Crippen LogP contribution in [0.15, 0.2) is 36.4 Å². The fourth-order valence-corrected chi connectivity index (χ4v) is 5.48. The Kier molecular flexibility index (Phi) is 12.6. The van der Waals surface area contributed by atoms with Crippen molar-refractivity contribution in [2.24, 2.45) is 5.73 Å². The van der Waals surface area contributed by atoms with E-state index in [1.165, 1.54) is 21.9 Å². The summed E-state index contributed by atoms with van der Waals surface area (Å²) in [5, 5.41) is 2.98. The maximum atomic E-state index is 14.5. The Balaban J connectivity index is 0.000000206. The Morgan fingerprint density at radius 1 is 0.826 bits per heavy atom. The van der Waals surface area contributed by atoms with E-state index in [4.69, 9.17) is 36.9 Å². The Labute approximate surface area is 279 Å². The summed E-state index contributed by atoms with van der Waals surface area (Å²) in [4.78, 5) is 31.1. The molecule has 0 aromatic heterocycles. The second kappa shape index (κ2) is 16.4. The maximum Gasteiger partial charge on any atom is 0.414 e. The van der Waals surface area contributed by atoms with Crippen LogP contribution < -0.4 is 30.7 Å². The molecule has 252 valence electrons. The van der Waals surface area contributed by atoms with Crippen molar-refractivity contribution in [2.75, 3.05) is 98.4 Å². The Bertz CT molecular complexity index is 1380. The molecule has 3 N–H and O–H groups in total. The predicted octanol–water partition coefficient (Wildman–Crippen LogP) is 2.98.